The number of rotatable bonds is 8. The Labute approximate surface area is 172 Å². The lowest BCUT2D eigenvalue weighted by Gasteiger charge is -2.09. The molecule has 0 radical (unpaired) electrons. The lowest BCUT2D eigenvalue weighted by molar-refractivity contribution is -0.491. The van der Waals surface area contributed by atoms with E-state index in [1.54, 1.807) is 28.4 Å². The number of nitrogens with zero attached hydrogens (tertiary/aromatic N) is 1. The van der Waals surface area contributed by atoms with Gasteiger partial charge in [0.05, 0.1) is 28.4 Å². The van der Waals surface area contributed by atoms with Crippen molar-refractivity contribution < 1.29 is 47.5 Å². The van der Waals surface area contributed by atoms with Gasteiger partial charge in [0, 0.05) is 12.0 Å². The van der Waals surface area contributed by atoms with Crippen molar-refractivity contribution in [1.82, 2.24) is 0 Å². The number of ether oxygens (including phenoxy) is 4. The fraction of sp³-hybridized carbons (Fsp3) is 0.350. The van der Waals surface area contributed by atoms with Crippen molar-refractivity contribution in [3.8, 4) is 23.0 Å². The Balaban J connectivity index is 0.00000338. The van der Waals surface area contributed by atoms with Crippen LogP contribution in [0.4, 0.5) is 0 Å². The quantitative estimate of drug-likeness (QED) is 0.310. The van der Waals surface area contributed by atoms with Crippen molar-refractivity contribution >= 4 is 6.21 Å². The highest BCUT2D eigenvalue weighted by molar-refractivity contribution is 5.77. The second kappa shape index (κ2) is 10.9. The molecule has 6 heteroatoms. The molecular weight excluding hydrogens is 445 g/mol. The predicted molar refractivity (Wildman–Crippen MR) is 99.0 cm³/mol. The normalized spacial score (nSPS) is 10.7. The molecule has 0 heterocycles. The first-order chi connectivity index (χ1) is 12.1. The molecule has 0 saturated heterocycles. The topological polar surface area (TPSA) is 39.9 Å². The van der Waals surface area contributed by atoms with E-state index < -0.39 is 0 Å². The molecular formula is C20H26INO4. The van der Waals surface area contributed by atoms with Gasteiger partial charge in [0.2, 0.25) is 0 Å². The van der Waals surface area contributed by atoms with E-state index in [9.17, 15) is 0 Å². The van der Waals surface area contributed by atoms with E-state index in [-0.39, 0.29) is 24.0 Å². The van der Waals surface area contributed by atoms with Gasteiger partial charge in [-0.25, -0.2) is 4.58 Å². The molecule has 0 aromatic heterocycles. The van der Waals surface area contributed by atoms with Gasteiger partial charge >= 0.3 is 0 Å². The first kappa shape index (κ1) is 22.1. The molecule has 5 nitrogen and oxygen atoms in total. The molecule has 2 aromatic carbocycles. The van der Waals surface area contributed by atoms with E-state index in [4.69, 9.17) is 18.9 Å². The van der Waals surface area contributed by atoms with Crippen molar-refractivity contribution in [1.29, 1.82) is 0 Å². The second-order valence-corrected chi connectivity index (χ2v) is 5.66. The summed E-state index contributed by atoms with van der Waals surface area (Å²) in [4.78, 5) is 0. The molecule has 0 amide bonds. The van der Waals surface area contributed by atoms with Crippen molar-refractivity contribution in [2.45, 2.75) is 6.42 Å². The van der Waals surface area contributed by atoms with Crippen LogP contribution < -0.4 is 42.9 Å². The monoisotopic (exact) mass is 471 g/mol. The zero-order valence-electron chi connectivity index (χ0n) is 15.9. The summed E-state index contributed by atoms with van der Waals surface area (Å²) in [5.41, 5.74) is 2.26. The summed E-state index contributed by atoms with van der Waals surface area (Å²) >= 11 is 0. The minimum atomic E-state index is 0. The van der Waals surface area contributed by atoms with E-state index >= 15 is 0 Å². The molecule has 0 aliphatic rings. The maximum atomic E-state index is 5.35. The van der Waals surface area contributed by atoms with Gasteiger partial charge in [-0.2, -0.15) is 0 Å². The maximum Gasteiger partial charge on any atom is 0.170 e. The summed E-state index contributed by atoms with van der Waals surface area (Å²) in [6.45, 7) is 0.879. The van der Waals surface area contributed by atoms with Crippen molar-refractivity contribution in [3.05, 3.63) is 47.5 Å². The highest BCUT2D eigenvalue weighted by atomic mass is 127. The molecule has 0 fully saturated rings. The van der Waals surface area contributed by atoms with Crippen LogP contribution in [-0.2, 0) is 6.42 Å². The average Bonchev–Trinajstić information content (AvgIpc) is 2.65. The van der Waals surface area contributed by atoms with Gasteiger partial charge in [0.15, 0.2) is 29.2 Å². The number of benzene rings is 2. The van der Waals surface area contributed by atoms with Gasteiger partial charge in [-0.3, -0.25) is 0 Å². The number of hydrogen-bond donors (Lipinski definition) is 0. The van der Waals surface area contributed by atoms with E-state index in [2.05, 4.69) is 23.9 Å². The van der Waals surface area contributed by atoms with Crippen LogP contribution in [-0.4, -0.2) is 52.8 Å². The van der Waals surface area contributed by atoms with Crippen LogP contribution in [0.15, 0.2) is 36.4 Å². The Bertz CT molecular complexity index is 747. The van der Waals surface area contributed by atoms with E-state index in [0.29, 0.717) is 0 Å². The first-order valence-corrected chi connectivity index (χ1v) is 8.09. The molecule has 0 bridgehead atoms. The second-order valence-electron chi connectivity index (χ2n) is 5.66. The maximum absolute atomic E-state index is 5.35. The Morgan fingerprint density at radius 2 is 1.31 bits per heavy atom. The van der Waals surface area contributed by atoms with Gasteiger partial charge in [-0.05, 0) is 35.9 Å². The smallest absolute Gasteiger partial charge is 0.170 e. The van der Waals surface area contributed by atoms with Gasteiger partial charge in [0.25, 0.3) is 0 Å². The minimum Gasteiger partial charge on any atom is -1.00 e. The number of halogens is 1. The largest absolute Gasteiger partial charge is 1.00 e. The summed E-state index contributed by atoms with van der Waals surface area (Å²) in [7, 11) is 8.62. The van der Waals surface area contributed by atoms with Crippen LogP contribution in [0.25, 0.3) is 0 Å². The van der Waals surface area contributed by atoms with Crippen molar-refractivity contribution in [2.24, 2.45) is 0 Å². The number of likely N-dealkylation sites (N-methyl/N-ethyl adjacent to an activating group) is 1. The minimum absolute atomic E-state index is 0. The lowest BCUT2D eigenvalue weighted by atomic mass is 10.1. The van der Waals surface area contributed by atoms with Gasteiger partial charge in [-0.1, -0.05) is 6.07 Å². The summed E-state index contributed by atoms with van der Waals surface area (Å²) < 4.78 is 23.4. The average molecular weight is 471 g/mol. The highest BCUT2D eigenvalue weighted by Crippen LogP contribution is 2.28. The van der Waals surface area contributed by atoms with E-state index in [0.717, 1.165) is 41.5 Å². The third kappa shape index (κ3) is 5.79. The van der Waals surface area contributed by atoms with Crippen LogP contribution in [0.5, 0.6) is 23.0 Å². The van der Waals surface area contributed by atoms with Gasteiger partial charge < -0.3 is 42.9 Å². The van der Waals surface area contributed by atoms with Crippen LogP contribution >= 0.6 is 0 Å². The standard InChI is InChI=1S/C20H26NO4.HI/c1-21(14-16-7-9-18(23-3)20(13-16)25-5)11-10-15-6-8-17(22-2)19(12-15)24-4;/h6-9,12-14H,10-11H2,1-5H3;1H/q+1;/p-1. The third-order valence-corrected chi connectivity index (χ3v) is 3.98. The Morgan fingerprint density at radius 1 is 0.769 bits per heavy atom. The van der Waals surface area contributed by atoms with Gasteiger partial charge in [-0.15, -0.1) is 0 Å². The van der Waals surface area contributed by atoms with Crippen LogP contribution in [0.2, 0.25) is 0 Å². The fourth-order valence-electron chi connectivity index (χ4n) is 2.59. The molecule has 0 saturated carbocycles. The van der Waals surface area contributed by atoms with Crippen LogP contribution in [0.1, 0.15) is 11.1 Å². The third-order valence-electron chi connectivity index (χ3n) is 3.98. The summed E-state index contributed by atoms with van der Waals surface area (Å²) in [5, 5.41) is 0. The predicted octanol–water partition coefficient (Wildman–Crippen LogP) is 0.0289. The van der Waals surface area contributed by atoms with E-state index in [1.807, 2.05) is 30.3 Å². The number of hydrogen-bond acceptors (Lipinski definition) is 4. The molecule has 0 unspecified atom stereocenters. The van der Waals surface area contributed by atoms with Crippen LogP contribution in [0.3, 0.4) is 0 Å². The summed E-state index contributed by atoms with van der Waals surface area (Å²) in [6, 6.07) is 11.9. The highest BCUT2D eigenvalue weighted by Gasteiger charge is 2.08. The molecule has 0 aliphatic carbocycles. The Kier molecular flexibility index (Phi) is 9.26. The SMILES string of the molecule is COc1ccc(C=[N+](C)CCc2ccc(OC)c(OC)c2)cc1OC.[I-]. The molecule has 0 atom stereocenters. The van der Waals surface area contributed by atoms with Crippen molar-refractivity contribution in [3.63, 3.8) is 0 Å². The van der Waals surface area contributed by atoms with Crippen LogP contribution in [0, 0.1) is 0 Å². The molecule has 26 heavy (non-hydrogen) atoms. The molecule has 142 valence electrons. The Hall–Kier alpha value is -1.96. The summed E-state index contributed by atoms with van der Waals surface area (Å²) in [5.74, 6) is 2.96. The van der Waals surface area contributed by atoms with Gasteiger partial charge in [0.1, 0.15) is 13.6 Å². The van der Waals surface area contributed by atoms with E-state index in [1.165, 1.54) is 5.56 Å². The summed E-state index contributed by atoms with van der Waals surface area (Å²) in [6.07, 6.45) is 2.99. The Morgan fingerprint density at radius 3 is 1.88 bits per heavy atom. The molecule has 0 spiro atoms. The fourth-order valence-corrected chi connectivity index (χ4v) is 2.59. The first-order valence-electron chi connectivity index (χ1n) is 8.09. The molecule has 0 aliphatic heterocycles. The lowest BCUT2D eigenvalue weighted by Crippen LogP contribution is -3.00. The number of methoxy groups -OCH3 is 4. The molecule has 0 N–H and O–H groups in total. The molecule has 2 rings (SSSR count). The van der Waals surface area contributed by atoms with Crippen molar-refractivity contribution in [2.75, 3.05) is 42.0 Å². The zero-order valence-corrected chi connectivity index (χ0v) is 18.1. The zero-order chi connectivity index (χ0) is 18.2. The molecule has 2 aromatic rings.